The summed E-state index contributed by atoms with van der Waals surface area (Å²) in [5, 5.41) is 14.8. The molecule has 0 saturated heterocycles. The van der Waals surface area contributed by atoms with E-state index in [-0.39, 0.29) is 24.7 Å². The fourth-order valence-electron chi connectivity index (χ4n) is 3.31. The summed E-state index contributed by atoms with van der Waals surface area (Å²) < 4.78 is 5.16. The number of amides is 2. The molecule has 0 aromatic carbocycles. The van der Waals surface area contributed by atoms with Gasteiger partial charge in [0, 0.05) is 24.8 Å². The monoisotopic (exact) mass is 362 g/mol. The highest BCUT2D eigenvalue weighted by Gasteiger charge is 2.37. The van der Waals surface area contributed by atoms with Crippen molar-refractivity contribution in [3.05, 3.63) is 17.8 Å². The van der Waals surface area contributed by atoms with Crippen molar-refractivity contribution in [3.63, 3.8) is 0 Å². The summed E-state index contributed by atoms with van der Waals surface area (Å²) in [4.78, 5) is 29.5. The third-order valence-corrected chi connectivity index (χ3v) is 4.92. The number of carbonyl (C=O) groups excluding carboxylic acids is 1. The molecular formula is C18H26N4O4. The molecule has 3 N–H and O–H groups in total. The molecule has 2 aliphatic rings. The van der Waals surface area contributed by atoms with Crippen molar-refractivity contribution < 1.29 is 19.4 Å². The van der Waals surface area contributed by atoms with E-state index in [9.17, 15) is 9.59 Å². The van der Waals surface area contributed by atoms with Crippen LogP contribution in [0.5, 0.6) is 5.88 Å². The minimum atomic E-state index is -0.793. The van der Waals surface area contributed by atoms with Gasteiger partial charge in [0.1, 0.15) is 5.69 Å². The largest absolute Gasteiger partial charge is 0.480 e. The second-order valence-corrected chi connectivity index (χ2v) is 7.26. The highest BCUT2D eigenvalue weighted by Crippen LogP contribution is 2.33. The molecule has 0 bridgehead atoms. The van der Waals surface area contributed by atoms with Gasteiger partial charge < -0.3 is 20.5 Å². The van der Waals surface area contributed by atoms with Gasteiger partial charge in [0.25, 0.3) is 0 Å². The van der Waals surface area contributed by atoms with Gasteiger partial charge in [-0.25, -0.2) is 9.78 Å². The van der Waals surface area contributed by atoms with E-state index >= 15 is 0 Å². The van der Waals surface area contributed by atoms with Gasteiger partial charge >= 0.3 is 12.0 Å². The van der Waals surface area contributed by atoms with Crippen LogP contribution in [-0.4, -0.2) is 59.3 Å². The summed E-state index contributed by atoms with van der Waals surface area (Å²) >= 11 is 0. The Labute approximate surface area is 152 Å². The highest BCUT2D eigenvalue weighted by molar-refractivity contribution is 5.90. The third kappa shape index (κ3) is 4.85. The second kappa shape index (κ2) is 7.90. The van der Waals surface area contributed by atoms with Gasteiger partial charge in [-0.05, 0) is 50.2 Å². The van der Waals surface area contributed by atoms with Gasteiger partial charge in [-0.1, -0.05) is 0 Å². The Bertz CT molecular complexity index is 671. The number of nitrogens with one attached hydrogen (secondary N) is 2. The topological polar surface area (TPSA) is 104 Å². The first kappa shape index (κ1) is 18.4. The van der Waals surface area contributed by atoms with Crippen LogP contribution in [0.15, 0.2) is 12.3 Å². The SMILES string of the molecule is COc1ncc(C)cc1NC(=O)NC1CC(N(CC(=O)O)CC2CC2)C1. The Morgan fingerprint density at radius 3 is 2.73 bits per heavy atom. The maximum absolute atomic E-state index is 12.2. The molecule has 8 heteroatoms. The average molecular weight is 362 g/mol. The van der Waals surface area contributed by atoms with E-state index in [2.05, 4.69) is 15.6 Å². The molecule has 0 atom stereocenters. The zero-order chi connectivity index (χ0) is 18.7. The van der Waals surface area contributed by atoms with E-state index in [0.29, 0.717) is 17.5 Å². The molecule has 2 saturated carbocycles. The number of rotatable bonds is 8. The zero-order valence-electron chi connectivity index (χ0n) is 15.2. The van der Waals surface area contributed by atoms with Crippen LogP contribution < -0.4 is 15.4 Å². The van der Waals surface area contributed by atoms with Crippen molar-refractivity contribution in [3.8, 4) is 5.88 Å². The lowest BCUT2D eigenvalue weighted by molar-refractivity contribution is -0.139. The Morgan fingerprint density at radius 1 is 1.38 bits per heavy atom. The zero-order valence-corrected chi connectivity index (χ0v) is 15.2. The number of methoxy groups -OCH3 is 1. The number of carbonyl (C=O) groups is 2. The fourth-order valence-corrected chi connectivity index (χ4v) is 3.31. The normalized spacial score (nSPS) is 21.8. The van der Waals surface area contributed by atoms with Crippen LogP contribution >= 0.6 is 0 Å². The van der Waals surface area contributed by atoms with Gasteiger partial charge in [0.2, 0.25) is 5.88 Å². The van der Waals surface area contributed by atoms with Crippen molar-refractivity contribution >= 4 is 17.7 Å². The molecule has 8 nitrogen and oxygen atoms in total. The number of urea groups is 1. The number of anilines is 1. The predicted molar refractivity (Wildman–Crippen MR) is 96.4 cm³/mol. The average Bonchev–Trinajstić information content (AvgIpc) is 3.33. The van der Waals surface area contributed by atoms with Crippen LogP contribution in [0.2, 0.25) is 0 Å². The van der Waals surface area contributed by atoms with Crippen molar-refractivity contribution in [2.24, 2.45) is 5.92 Å². The number of hydrogen-bond acceptors (Lipinski definition) is 5. The van der Waals surface area contributed by atoms with Gasteiger partial charge in [-0.15, -0.1) is 0 Å². The summed E-state index contributed by atoms with van der Waals surface area (Å²) in [7, 11) is 1.51. The molecular weight excluding hydrogens is 336 g/mol. The van der Waals surface area contributed by atoms with Crippen molar-refractivity contribution in [1.29, 1.82) is 0 Å². The number of aryl methyl sites for hydroxylation is 1. The first-order valence-corrected chi connectivity index (χ1v) is 8.98. The van der Waals surface area contributed by atoms with Crippen LogP contribution in [0.4, 0.5) is 10.5 Å². The van der Waals surface area contributed by atoms with Crippen LogP contribution in [-0.2, 0) is 4.79 Å². The summed E-state index contributed by atoms with van der Waals surface area (Å²) in [5.41, 5.74) is 1.45. The summed E-state index contributed by atoms with van der Waals surface area (Å²) in [6, 6.07) is 1.79. The smallest absolute Gasteiger partial charge is 0.319 e. The molecule has 0 spiro atoms. The summed E-state index contributed by atoms with van der Waals surface area (Å²) in [6.07, 6.45) is 5.61. The van der Waals surface area contributed by atoms with Crippen LogP contribution in [0.3, 0.4) is 0 Å². The lowest BCUT2D eigenvalue weighted by Gasteiger charge is -2.42. The Hall–Kier alpha value is -2.35. The molecule has 142 valence electrons. The van der Waals surface area contributed by atoms with Crippen LogP contribution in [0.1, 0.15) is 31.2 Å². The number of ether oxygens (including phenoxy) is 1. The van der Waals surface area contributed by atoms with E-state index in [1.54, 1.807) is 12.3 Å². The molecule has 0 radical (unpaired) electrons. The molecule has 0 unspecified atom stereocenters. The number of pyridine rings is 1. The number of hydrogen-bond donors (Lipinski definition) is 3. The van der Waals surface area contributed by atoms with Crippen molar-refractivity contribution in [1.82, 2.24) is 15.2 Å². The number of nitrogens with zero attached hydrogens (tertiary/aromatic N) is 2. The summed E-state index contributed by atoms with van der Waals surface area (Å²) in [6.45, 7) is 2.82. The standard InChI is InChI=1S/C18H26N4O4/c1-11-5-15(17(26-2)19-8-11)21-18(25)20-13-6-14(7-13)22(10-16(23)24)9-12-3-4-12/h5,8,12-14H,3-4,6-7,9-10H2,1-2H3,(H,23,24)(H2,20,21,25). The quantitative estimate of drug-likeness (QED) is 0.652. The van der Waals surface area contributed by atoms with Crippen LogP contribution in [0, 0.1) is 12.8 Å². The maximum Gasteiger partial charge on any atom is 0.319 e. The van der Waals surface area contributed by atoms with E-state index in [0.717, 1.165) is 24.9 Å². The van der Waals surface area contributed by atoms with Crippen molar-refractivity contribution in [2.45, 2.75) is 44.7 Å². The molecule has 1 heterocycles. The molecule has 1 aromatic rings. The third-order valence-electron chi connectivity index (χ3n) is 4.92. The number of carboxylic acid groups (broad SMARTS) is 1. The Balaban J connectivity index is 1.48. The van der Waals surface area contributed by atoms with Gasteiger partial charge in [-0.3, -0.25) is 9.69 Å². The molecule has 2 amide bonds. The van der Waals surface area contributed by atoms with Crippen LogP contribution in [0.25, 0.3) is 0 Å². The number of aliphatic carboxylic acids is 1. The Morgan fingerprint density at radius 2 is 2.12 bits per heavy atom. The fraction of sp³-hybridized carbons (Fsp3) is 0.611. The lowest BCUT2D eigenvalue weighted by Crippen LogP contribution is -2.55. The van der Waals surface area contributed by atoms with E-state index in [1.807, 2.05) is 11.8 Å². The second-order valence-electron chi connectivity index (χ2n) is 7.26. The molecule has 1 aromatic heterocycles. The molecule has 2 aliphatic carbocycles. The van der Waals surface area contributed by atoms with E-state index < -0.39 is 5.97 Å². The molecule has 2 fully saturated rings. The Kier molecular flexibility index (Phi) is 5.61. The van der Waals surface area contributed by atoms with Gasteiger partial charge in [0.15, 0.2) is 0 Å². The number of aromatic nitrogens is 1. The van der Waals surface area contributed by atoms with Gasteiger partial charge in [0.05, 0.1) is 13.7 Å². The van der Waals surface area contributed by atoms with Crippen molar-refractivity contribution in [2.75, 3.05) is 25.5 Å². The first-order valence-electron chi connectivity index (χ1n) is 8.98. The molecule has 0 aliphatic heterocycles. The summed E-state index contributed by atoms with van der Waals surface area (Å²) in [5.74, 6) is 0.221. The number of carboxylic acids is 1. The maximum atomic E-state index is 12.2. The van der Waals surface area contributed by atoms with Gasteiger partial charge in [-0.2, -0.15) is 0 Å². The highest BCUT2D eigenvalue weighted by atomic mass is 16.5. The van der Waals surface area contributed by atoms with E-state index in [4.69, 9.17) is 9.84 Å². The minimum Gasteiger partial charge on any atom is -0.480 e. The van der Waals surface area contributed by atoms with E-state index in [1.165, 1.54) is 20.0 Å². The molecule has 26 heavy (non-hydrogen) atoms. The lowest BCUT2D eigenvalue weighted by atomic mass is 9.85. The molecule has 3 rings (SSSR count). The first-order chi connectivity index (χ1) is 12.4. The predicted octanol–water partition coefficient (Wildman–Crippen LogP) is 1.85. The minimum absolute atomic E-state index is 0.0549.